The number of hydrogen-bond donors (Lipinski definition) is 1. The monoisotopic (exact) mass is 262 g/mol. The summed E-state index contributed by atoms with van der Waals surface area (Å²) in [5, 5.41) is 8.69. The molecule has 0 aliphatic carbocycles. The molecule has 0 aromatic rings. The lowest BCUT2D eigenvalue weighted by atomic mass is 10.0. The van der Waals surface area contributed by atoms with Gasteiger partial charge in [-0.2, -0.15) is 0 Å². The summed E-state index contributed by atoms with van der Waals surface area (Å²) in [6.07, 6.45) is 6.59. The Balaban J connectivity index is 4.18. The van der Waals surface area contributed by atoms with Crippen molar-refractivity contribution < 1.29 is 9.90 Å². The Morgan fingerprint density at radius 3 is 2.50 bits per heavy atom. The Kier molecular flexibility index (Phi) is 7.86. The first-order valence-electron chi connectivity index (χ1n) is 5.19. The quantitative estimate of drug-likeness (QED) is 0.431. The van der Waals surface area contributed by atoms with Crippen LogP contribution in [0.25, 0.3) is 0 Å². The molecule has 0 aliphatic rings. The third kappa shape index (κ3) is 6.19. The number of rotatable bonds is 7. The number of allylic oxidation sites excluding steroid dienone is 1. The fourth-order valence-corrected chi connectivity index (χ4v) is 1.68. The van der Waals surface area contributed by atoms with E-state index in [1.54, 1.807) is 0 Å². The molecule has 0 amide bonds. The minimum atomic E-state index is -0.839. The van der Waals surface area contributed by atoms with Crippen LogP contribution in [0.1, 0.15) is 46.0 Å². The van der Waals surface area contributed by atoms with Gasteiger partial charge in [-0.05, 0) is 24.8 Å². The number of aliphatic carboxylic acids is 1. The highest BCUT2D eigenvalue weighted by Crippen LogP contribution is 2.21. The molecule has 1 atom stereocenters. The number of carboxylic acids is 1. The maximum atomic E-state index is 10.6. The summed E-state index contributed by atoms with van der Waals surface area (Å²) in [7, 11) is 0. The van der Waals surface area contributed by atoms with Crippen LogP contribution in [0, 0.1) is 0 Å². The molecular formula is C11H19BrO2. The van der Waals surface area contributed by atoms with Crippen LogP contribution < -0.4 is 0 Å². The number of hydrogen-bond acceptors (Lipinski definition) is 1. The van der Waals surface area contributed by atoms with E-state index in [-0.39, 0.29) is 4.83 Å². The molecule has 14 heavy (non-hydrogen) atoms. The van der Waals surface area contributed by atoms with Gasteiger partial charge in [0.25, 0.3) is 0 Å². The Bertz CT molecular complexity index is 199. The van der Waals surface area contributed by atoms with Crippen LogP contribution in [-0.2, 0) is 4.79 Å². The van der Waals surface area contributed by atoms with Gasteiger partial charge in [-0.25, -0.2) is 4.79 Å². The molecule has 1 unspecified atom stereocenters. The lowest BCUT2D eigenvalue weighted by molar-refractivity contribution is -0.131. The van der Waals surface area contributed by atoms with E-state index in [0.29, 0.717) is 0 Å². The Hall–Kier alpha value is -0.310. The SMILES string of the molecule is CCCCCC(=CC(=O)O)C(Br)CC. The molecule has 0 fully saturated rings. The average Bonchev–Trinajstić information content (AvgIpc) is 2.15. The van der Waals surface area contributed by atoms with Gasteiger partial charge >= 0.3 is 5.97 Å². The standard InChI is InChI=1S/C11H19BrO2/c1-3-5-6-7-9(8-11(13)14)10(12)4-2/h8,10H,3-7H2,1-2H3,(H,13,14). The zero-order valence-corrected chi connectivity index (χ0v) is 10.5. The second kappa shape index (κ2) is 8.04. The van der Waals surface area contributed by atoms with Gasteiger partial charge in [0.2, 0.25) is 0 Å². The van der Waals surface area contributed by atoms with Gasteiger partial charge in [0.1, 0.15) is 0 Å². The maximum Gasteiger partial charge on any atom is 0.328 e. The van der Waals surface area contributed by atoms with Gasteiger partial charge in [-0.15, -0.1) is 0 Å². The van der Waals surface area contributed by atoms with E-state index >= 15 is 0 Å². The molecule has 0 spiro atoms. The molecule has 82 valence electrons. The highest BCUT2D eigenvalue weighted by Gasteiger charge is 2.09. The van der Waals surface area contributed by atoms with Gasteiger partial charge in [0.05, 0.1) is 0 Å². The van der Waals surface area contributed by atoms with Gasteiger partial charge in [0, 0.05) is 10.9 Å². The van der Waals surface area contributed by atoms with E-state index in [1.807, 2.05) is 0 Å². The molecule has 1 N–H and O–H groups in total. The van der Waals surface area contributed by atoms with Crippen LogP contribution in [0.3, 0.4) is 0 Å². The topological polar surface area (TPSA) is 37.3 Å². The molecule has 3 heteroatoms. The van der Waals surface area contributed by atoms with Gasteiger partial charge < -0.3 is 5.11 Å². The number of halogens is 1. The lowest BCUT2D eigenvalue weighted by Crippen LogP contribution is -2.04. The fraction of sp³-hybridized carbons (Fsp3) is 0.727. The number of alkyl halides is 1. The lowest BCUT2D eigenvalue weighted by Gasteiger charge is -2.11. The molecule has 0 rings (SSSR count). The van der Waals surface area contributed by atoms with Crippen molar-refractivity contribution in [2.24, 2.45) is 0 Å². The fourth-order valence-electron chi connectivity index (χ4n) is 1.32. The number of carboxylic acid groups (broad SMARTS) is 1. The van der Waals surface area contributed by atoms with Crippen molar-refractivity contribution in [1.29, 1.82) is 0 Å². The van der Waals surface area contributed by atoms with Crippen molar-refractivity contribution in [2.45, 2.75) is 50.8 Å². The summed E-state index contributed by atoms with van der Waals surface area (Å²) >= 11 is 3.49. The third-order valence-corrected chi connectivity index (χ3v) is 3.37. The van der Waals surface area contributed by atoms with Crippen molar-refractivity contribution in [3.8, 4) is 0 Å². The number of carbonyl (C=O) groups is 1. The highest BCUT2D eigenvalue weighted by atomic mass is 79.9. The summed E-state index contributed by atoms with van der Waals surface area (Å²) < 4.78 is 0. The molecule has 0 saturated heterocycles. The minimum Gasteiger partial charge on any atom is -0.478 e. The van der Waals surface area contributed by atoms with Gasteiger partial charge in [0.15, 0.2) is 0 Å². The molecule has 0 aliphatic heterocycles. The van der Waals surface area contributed by atoms with Gasteiger partial charge in [-0.3, -0.25) is 0 Å². The average molecular weight is 263 g/mol. The second-order valence-electron chi connectivity index (χ2n) is 3.39. The third-order valence-electron chi connectivity index (χ3n) is 2.14. The van der Waals surface area contributed by atoms with Crippen molar-refractivity contribution in [3.63, 3.8) is 0 Å². The van der Waals surface area contributed by atoms with E-state index in [1.165, 1.54) is 18.9 Å². The molecule has 0 bridgehead atoms. The Labute approximate surface area is 94.5 Å². The molecule has 0 heterocycles. The Morgan fingerprint density at radius 2 is 2.07 bits per heavy atom. The molecular weight excluding hydrogens is 244 g/mol. The van der Waals surface area contributed by atoms with Crippen LogP contribution in [0.2, 0.25) is 0 Å². The smallest absolute Gasteiger partial charge is 0.328 e. The van der Waals surface area contributed by atoms with E-state index in [2.05, 4.69) is 29.8 Å². The summed E-state index contributed by atoms with van der Waals surface area (Å²) in [5.74, 6) is -0.839. The van der Waals surface area contributed by atoms with E-state index in [0.717, 1.165) is 24.8 Å². The largest absolute Gasteiger partial charge is 0.478 e. The first-order chi connectivity index (χ1) is 6.61. The summed E-state index contributed by atoms with van der Waals surface area (Å²) in [5.41, 5.74) is 1.01. The molecule has 0 saturated carbocycles. The zero-order chi connectivity index (χ0) is 11.0. The maximum absolute atomic E-state index is 10.6. The zero-order valence-electron chi connectivity index (χ0n) is 8.92. The summed E-state index contributed by atoms with van der Waals surface area (Å²) in [6.45, 7) is 4.20. The first-order valence-corrected chi connectivity index (χ1v) is 6.10. The predicted octanol–water partition coefficient (Wildman–Crippen LogP) is 3.75. The second-order valence-corrected chi connectivity index (χ2v) is 4.50. The summed E-state index contributed by atoms with van der Waals surface area (Å²) in [4.78, 5) is 10.8. The Morgan fingerprint density at radius 1 is 1.43 bits per heavy atom. The van der Waals surface area contributed by atoms with Crippen molar-refractivity contribution in [3.05, 3.63) is 11.6 Å². The van der Waals surface area contributed by atoms with Crippen molar-refractivity contribution in [1.82, 2.24) is 0 Å². The van der Waals surface area contributed by atoms with E-state index in [4.69, 9.17) is 5.11 Å². The van der Waals surface area contributed by atoms with Crippen LogP contribution in [0.15, 0.2) is 11.6 Å². The van der Waals surface area contributed by atoms with Crippen LogP contribution in [0.4, 0.5) is 0 Å². The van der Waals surface area contributed by atoms with Crippen molar-refractivity contribution >= 4 is 21.9 Å². The van der Waals surface area contributed by atoms with Crippen LogP contribution >= 0.6 is 15.9 Å². The van der Waals surface area contributed by atoms with E-state index < -0.39 is 5.97 Å². The summed E-state index contributed by atoms with van der Waals surface area (Å²) in [6, 6.07) is 0. The van der Waals surface area contributed by atoms with Crippen LogP contribution in [-0.4, -0.2) is 15.9 Å². The highest BCUT2D eigenvalue weighted by molar-refractivity contribution is 9.09. The normalized spacial score (nSPS) is 14.1. The molecule has 0 aromatic carbocycles. The van der Waals surface area contributed by atoms with Crippen molar-refractivity contribution in [2.75, 3.05) is 0 Å². The van der Waals surface area contributed by atoms with Gasteiger partial charge in [-0.1, -0.05) is 42.6 Å². The molecule has 2 nitrogen and oxygen atoms in total. The minimum absolute atomic E-state index is 0.218. The van der Waals surface area contributed by atoms with Crippen LogP contribution in [0.5, 0.6) is 0 Å². The number of unbranched alkanes of at least 4 members (excludes halogenated alkanes) is 2. The first kappa shape index (κ1) is 13.7. The predicted molar refractivity (Wildman–Crippen MR) is 62.9 cm³/mol. The molecule has 0 aromatic heterocycles. The van der Waals surface area contributed by atoms with E-state index in [9.17, 15) is 4.79 Å². The molecule has 0 radical (unpaired) electrons.